The zero-order chi connectivity index (χ0) is 18.4. The van der Waals surface area contributed by atoms with E-state index in [1.807, 2.05) is 57.3 Å². The standard InChI is InChI=1S/C19H26N4OS/c1-7-23(6)12-20-16-9-14(4)17(10-13(16)3)24-18-11-15(5)21-19(22-18)25-8-2/h9-12H,7-8H2,1-6H3/b20-12+. The quantitative estimate of drug-likeness (QED) is 0.304. The molecule has 1 aromatic heterocycles. The Morgan fingerprint density at radius 2 is 1.88 bits per heavy atom. The third-order valence-electron chi connectivity index (χ3n) is 3.68. The lowest BCUT2D eigenvalue weighted by Crippen LogP contribution is -2.14. The maximum absolute atomic E-state index is 6.03. The van der Waals surface area contributed by atoms with Gasteiger partial charge in [0.2, 0.25) is 5.88 Å². The summed E-state index contributed by atoms with van der Waals surface area (Å²) in [6.45, 7) is 11.1. The van der Waals surface area contributed by atoms with E-state index in [1.54, 1.807) is 11.8 Å². The molecular formula is C19H26N4OS. The van der Waals surface area contributed by atoms with Gasteiger partial charge in [-0.25, -0.2) is 9.98 Å². The van der Waals surface area contributed by atoms with Crippen LogP contribution >= 0.6 is 11.8 Å². The van der Waals surface area contributed by atoms with Gasteiger partial charge in [0.1, 0.15) is 5.75 Å². The Morgan fingerprint density at radius 3 is 2.56 bits per heavy atom. The van der Waals surface area contributed by atoms with Gasteiger partial charge in [0.15, 0.2) is 5.16 Å². The fraction of sp³-hybridized carbons (Fsp3) is 0.421. The van der Waals surface area contributed by atoms with E-state index < -0.39 is 0 Å². The highest BCUT2D eigenvalue weighted by Crippen LogP contribution is 2.31. The SMILES string of the molecule is CCSc1nc(C)cc(Oc2cc(C)c(/N=C/N(C)CC)cc2C)n1. The molecule has 5 nitrogen and oxygen atoms in total. The molecule has 0 atom stereocenters. The Bertz CT molecular complexity index is 761. The number of aromatic nitrogens is 2. The molecule has 0 amide bonds. The lowest BCUT2D eigenvalue weighted by molar-refractivity contribution is 0.451. The third kappa shape index (κ3) is 5.46. The van der Waals surface area contributed by atoms with Gasteiger partial charge in [-0.05, 0) is 56.7 Å². The van der Waals surface area contributed by atoms with Crippen molar-refractivity contribution in [3.63, 3.8) is 0 Å². The average molecular weight is 359 g/mol. The molecule has 0 aliphatic carbocycles. The molecule has 0 unspecified atom stereocenters. The predicted octanol–water partition coefficient (Wildman–Crippen LogP) is 4.92. The highest BCUT2D eigenvalue weighted by Gasteiger charge is 2.09. The van der Waals surface area contributed by atoms with Crippen LogP contribution in [0.25, 0.3) is 0 Å². The Hall–Kier alpha value is -2.08. The van der Waals surface area contributed by atoms with E-state index >= 15 is 0 Å². The molecule has 0 N–H and O–H groups in total. The zero-order valence-electron chi connectivity index (χ0n) is 15.8. The van der Waals surface area contributed by atoms with Crippen LogP contribution in [0.1, 0.15) is 30.7 Å². The highest BCUT2D eigenvalue weighted by atomic mass is 32.2. The number of hydrogen-bond acceptors (Lipinski definition) is 5. The van der Waals surface area contributed by atoms with Crippen molar-refractivity contribution >= 4 is 23.8 Å². The lowest BCUT2D eigenvalue weighted by atomic mass is 10.1. The minimum Gasteiger partial charge on any atom is -0.439 e. The van der Waals surface area contributed by atoms with E-state index in [1.165, 1.54) is 0 Å². The molecule has 0 spiro atoms. The van der Waals surface area contributed by atoms with Crippen molar-refractivity contribution in [1.82, 2.24) is 14.9 Å². The molecule has 2 rings (SSSR count). The highest BCUT2D eigenvalue weighted by molar-refractivity contribution is 7.99. The first-order valence-electron chi connectivity index (χ1n) is 8.45. The van der Waals surface area contributed by atoms with Crippen LogP contribution in [0.5, 0.6) is 11.6 Å². The van der Waals surface area contributed by atoms with E-state index in [0.29, 0.717) is 5.88 Å². The van der Waals surface area contributed by atoms with Crippen molar-refractivity contribution in [2.24, 2.45) is 4.99 Å². The van der Waals surface area contributed by atoms with Crippen molar-refractivity contribution in [3.8, 4) is 11.6 Å². The van der Waals surface area contributed by atoms with Crippen LogP contribution in [0.15, 0.2) is 28.3 Å². The summed E-state index contributed by atoms with van der Waals surface area (Å²) in [5, 5.41) is 0.746. The maximum Gasteiger partial charge on any atom is 0.223 e. The second kappa shape index (κ2) is 8.85. The Morgan fingerprint density at radius 1 is 1.12 bits per heavy atom. The fourth-order valence-corrected chi connectivity index (χ4v) is 2.76. The third-order valence-corrected chi connectivity index (χ3v) is 4.41. The van der Waals surface area contributed by atoms with Crippen LogP contribution in [0, 0.1) is 20.8 Å². The van der Waals surface area contributed by atoms with Crippen LogP contribution in [0.3, 0.4) is 0 Å². The summed E-state index contributed by atoms with van der Waals surface area (Å²) in [4.78, 5) is 15.5. The molecule has 25 heavy (non-hydrogen) atoms. The summed E-state index contributed by atoms with van der Waals surface area (Å²) in [5.74, 6) is 2.30. The Kier molecular flexibility index (Phi) is 6.82. The molecule has 0 bridgehead atoms. The van der Waals surface area contributed by atoms with Gasteiger partial charge in [-0.15, -0.1) is 0 Å². The van der Waals surface area contributed by atoms with Crippen LogP contribution in [-0.4, -0.2) is 40.6 Å². The molecule has 134 valence electrons. The van der Waals surface area contributed by atoms with Crippen LogP contribution in [0.4, 0.5) is 5.69 Å². The molecule has 0 saturated heterocycles. The van der Waals surface area contributed by atoms with E-state index in [-0.39, 0.29) is 0 Å². The molecule has 0 saturated carbocycles. The largest absolute Gasteiger partial charge is 0.439 e. The summed E-state index contributed by atoms with van der Waals surface area (Å²) < 4.78 is 6.03. The predicted molar refractivity (Wildman–Crippen MR) is 106 cm³/mol. The van der Waals surface area contributed by atoms with Crippen molar-refractivity contribution in [2.45, 2.75) is 39.8 Å². The van der Waals surface area contributed by atoms with Gasteiger partial charge in [-0.1, -0.05) is 18.7 Å². The molecular weight excluding hydrogens is 332 g/mol. The molecule has 1 aromatic carbocycles. The molecule has 0 aliphatic heterocycles. The molecule has 0 fully saturated rings. The number of benzene rings is 1. The molecule has 6 heteroatoms. The average Bonchev–Trinajstić information content (AvgIpc) is 2.56. The number of aryl methyl sites for hydroxylation is 3. The first-order valence-corrected chi connectivity index (χ1v) is 9.43. The zero-order valence-corrected chi connectivity index (χ0v) is 16.6. The molecule has 2 aromatic rings. The molecule has 0 radical (unpaired) electrons. The maximum atomic E-state index is 6.03. The minimum absolute atomic E-state index is 0.577. The second-order valence-corrected chi connectivity index (χ2v) is 7.12. The van der Waals surface area contributed by atoms with E-state index in [0.717, 1.165) is 45.7 Å². The van der Waals surface area contributed by atoms with E-state index in [9.17, 15) is 0 Å². The van der Waals surface area contributed by atoms with Crippen molar-refractivity contribution in [1.29, 1.82) is 0 Å². The van der Waals surface area contributed by atoms with Gasteiger partial charge < -0.3 is 9.64 Å². The molecule has 0 aliphatic rings. The fourth-order valence-electron chi connectivity index (χ4n) is 2.14. The van der Waals surface area contributed by atoms with Gasteiger partial charge in [-0.3, -0.25) is 0 Å². The normalized spacial score (nSPS) is 11.1. The van der Waals surface area contributed by atoms with Crippen LogP contribution in [-0.2, 0) is 0 Å². The Labute approximate surface area is 154 Å². The van der Waals surface area contributed by atoms with Gasteiger partial charge in [0.25, 0.3) is 0 Å². The van der Waals surface area contributed by atoms with E-state index in [2.05, 4.69) is 28.8 Å². The second-order valence-electron chi connectivity index (χ2n) is 5.89. The van der Waals surface area contributed by atoms with Gasteiger partial charge >= 0.3 is 0 Å². The summed E-state index contributed by atoms with van der Waals surface area (Å²) >= 11 is 1.61. The molecule has 1 heterocycles. The first kappa shape index (κ1) is 19.2. The van der Waals surface area contributed by atoms with Crippen LogP contribution < -0.4 is 4.74 Å². The van der Waals surface area contributed by atoms with Crippen molar-refractivity contribution < 1.29 is 4.74 Å². The number of thioether (sulfide) groups is 1. The summed E-state index contributed by atoms with van der Waals surface area (Å²) in [5.41, 5.74) is 3.94. The summed E-state index contributed by atoms with van der Waals surface area (Å²) in [6.07, 6.45) is 1.85. The summed E-state index contributed by atoms with van der Waals surface area (Å²) in [6, 6.07) is 5.91. The minimum atomic E-state index is 0.577. The summed E-state index contributed by atoms with van der Waals surface area (Å²) in [7, 11) is 2.01. The smallest absolute Gasteiger partial charge is 0.223 e. The van der Waals surface area contributed by atoms with Gasteiger partial charge in [0.05, 0.1) is 12.0 Å². The number of ether oxygens (including phenoxy) is 1. The Balaban J connectivity index is 2.26. The van der Waals surface area contributed by atoms with E-state index in [4.69, 9.17) is 4.74 Å². The number of rotatable bonds is 7. The monoisotopic (exact) mass is 358 g/mol. The topological polar surface area (TPSA) is 50.6 Å². The number of hydrogen-bond donors (Lipinski definition) is 0. The van der Waals surface area contributed by atoms with Crippen molar-refractivity contribution in [2.75, 3.05) is 19.3 Å². The lowest BCUT2D eigenvalue weighted by Gasteiger charge is -2.13. The van der Waals surface area contributed by atoms with Crippen LogP contribution in [0.2, 0.25) is 0 Å². The number of aliphatic imine (C=N–C) groups is 1. The number of nitrogens with zero attached hydrogens (tertiary/aromatic N) is 4. The van der Waals surface area contributed by atoms with Gasteiger partial charge in [-0.2, -0.15) is 4.98 Å². The first-order chi connectivity index (χ1) is 11.9. The van der Waals surface area contributed by atoms with Crippen molar-refractivity contribution in [3.05, 3.63) is 35.0 Å². The van der Waals surface area contributed by atoms with Gasteiger partial charge in [0, 0.05) is 25.4 Å².